The van der Waals surface area contributed by atoms with E-state index in [1.807, 2.05) is 13.0 Å². The van der Waals surface area contributed by atoms with Crippen molar-refractivity contribution in [3.05, 3.63) is 47.3 Å². The first-order valence-electron chi connectivity index (χ1n) is 6.39. The van der Waals surface area contributed by atoms with Crippen molar-refractivity contribution >= 4 is 0 Å². The number of allylic oxidation sites excluding steroid dienone is 1. The van der Waals surface area contributed by atoms with Crippen LogP contribution >= 0.6 is 0 Å². The molecule has 0 bridgehead atoms. The lowest BCUT2D eigenvalue weighted by molar-refractivity contribution is 0.625. The fraction of sp³-hybridized carbons (Fsp3) is 0.467. The third-order valence-corrected chi connectivity index (χ3v) is 3.14. The SMILES string of the molecule is Cc1ccc(F)cc1C/C=C/CCNC1CC1. The van der Waals surface area contributed by atoms with Gasteiger partial charge in [-0.3, -0.25) is 0 Å². The highest BCUT2D eigenvalue weighted by Gasteiger charge is 2.19. The Morgan fingerprint density at radius 3 is 2.94 bits per heavy atom. The van der Waals surface area contributed by atoms with Crippen molar-refractivity contribution in [1.82, 2.24) is 5.32 Å². The average Bonchev–Trinajstić information content (AvgIpc) is 3.11. The highest BCUT2D eigenvalue weighted by molar-refractivity contribution is 5.28. The van der Waals surface area contributed by atoms with Gasteiger partial charge in [-0.1, -0.05) is 18.2 Å². The van der Waals surface area contributed by atoms with Gasteiger partial charge in [0.2, 0.25) is 0 Å². The molecule has 1 N–H and O–H groups in total. The number of benzene rings is 1. The molecule has 2 rings (SSSR count). The summed E-state index contributed by atoms with van der Waals surface area (Å²) >= 11 is 0. The first-order valence-corrected chi connectivity index (χ1v) is 6.39. The van der Waals surface area contributed by atoms with Gasteiger partial charge in [0.1, 0.15) is 5.82 Å². The van der Waals surface area contributed by atoms with Crippen LogP contribution in [-0.2, 0) is 6.42 Å². The minimum Gasteiger partial charge on any atom is -0.314 e. The minimum absolute atomic E-state index is 0.144. The lowest BCUT2D eigenvalue weighted by Gasteiger charge is -2.02. The number of rotatable bonds is 6. The molecular formula is C15H20FN. The molecular weight excluding hydrogens is 213 g/mol. The summed E-state index contributed by atoms with van der Waals surface area (Å²) in [7, 11) is 0. The smallest absolute Gasteiger partial charge is 0.123 e. The van der Waals surface area contributed by atoms with Crippen molar-refractivity contribution in [2.24, 2.45) is 0 Å². The summed E-state index contributed by atoms with van der Waals surface area (Å²) in [6, 6.07) is 5.77. The van der Waals surface area contributed by atoms with Crippen LogP contribution in [0.25, 0.3) is 0 Å². The third kappa shape index (κ3) is 4.31. The van der Waals surface area contributed by atoms with E-state index in [1.54, 1.807) is 6.07 Å². The molecule has 1 aromatic rings. The van der Waals surface area contributed by atoms with Gasteiger partial charge in [-0.05, 0) is 62.4 Å². The Labute approximate surface area is 103 Å². The zero-order valence-corrected chi connectivity index (χ0v) is 10.4. The van der Waals surface area contributed by atoms with Crippen LogP contribution in [0.4, 0.5) is 4.39 Å². The number of halogens is 1. The molecule has 0 saturated heterocycles. The van der Waals surface area contributed by atoms with Crippen LogP contribution in [0.1, 0.15) is 30.4 Å². The zero-order valence-electron chi connectivity index (χ0n) is 10.4. The highest BCUT2D eigenvalue weighted by atomic mass is 19.1. The second kappa shape index (κ2) is 5.97. The van der Waals surface area contributed by atoms with Crippen LogP contribution < -0.4 is 5.32 Å². The van der Waals surface area contributed by atoms with E-state index in [-0.39, 0.29) is 5.82 Å². The van der Waals surface area contributed by atoms with E-state index in [9.17, 15) is 4.39 Å². The molecule has 17 heavy (non-hydrogen) atoms. The molecule has 1 nitrogen and oxygen atoms in total. The van der Waals surface area contributed by atoms with Crippen molar-refractivity contribution in [3.8, 4) is 0 Å². The van der Waals surface area contributed by atoms with Gasteiger partial charge in [0.05, 0.1) is 0 Å². The zero-order chi connectivity index (χ0) is 12.1. The summed E-state index contributed by atoms with van der Waals surface area (Å²) in [5.74, 6) is -0.144. The van der Waals surface area contributed by atoms with Gasteiger partial charge in [-0.2, -0.15) is 0 Å². The molecule has 1 fully saturated rings. The number of hydrogen-bond acceptors (Lipinski definition) is 1. The largest absolute Gasteiger partial charge is 0.314 e. The fourth-order valence-corrected chi connectivity index (χ4v) is 1.85. The predicted molar refractivity (Wildman–Crippen MR) is 69.6 cm³/mol. The Kier molecular flexibility index (Phi) is 4.32. The van der Waals surface area contributed by atoms with E-state index in [0.717, 1.165) is 36.6 Å². The minimum atomic E-state index is -0.144. The van der Waals surface area contributed by atoms with E-state index >= 15 is 0 Å². The van der Waals surface area contributed by atoms with Crippen molar-refractivity contribution < 1.29 is 4.39 Å². The molecule has 0 amide bonds. The maximum Gasteiger partial charge on any atom is 0.123 e. The van der Waals surface area contributed by atoms with Gasteiger partial charge in [0.25, 0.3) is 0 Å². The van der Waals surface area contributed by atoms with Gasteiger partial charge in [0.15, 0.2) is 0 Å². The van der Waals surface area contributed by atoms with Crippen LogP contribution in [0.2, 0.25) is 0 Å². The van der Waals surface area contributed by atoms with Gasteiger partial charge in [-0.25, -0.2) is 4.39 Å². The van der Waals surface area contributed by atoms with E-state index < -0.39 is 0 Å². The summed E-state index contributed by atoms with van der Waals surface area (Å²) in [6.07, 6.45) is 8.88. The summed E-state index contributed by atoms with van der Waals surface area (Å²) in [6.45, 7) is 3.08. The summed E-state index contributed by atoms with van der Waals surface area (Å²) in [5.41, 5.74) is 2.24. The molecule has 1 aliphatic rings. The molecule has 0 spiro atoms. The molecule has 0 aliphatic heterocycles. The van der Waals surface area contributed by atoms with Gasteiger partial charge in [0, 0.05) is 6.04 Å². The first-order chi connectivity index (χ1) is 8.25. The maximum absolute atomic E-state index is 13.0. The van der Waals surface area contributed by atoms with Crippen LogP contribution in [0, 0.1) is 12.7 Å². The van der Waals surface area contributed by atoms with Crippen molar-refractivity contribution in [3.63, 3.8) is 0 Å². The van der Waals surface area contributed by atoms with E-state index in [1.165, 1.54) is 18.9 Å². The van der Waals surface area contributed by atoms with Crippen LogP contribution in [-0.4, -0.2) is 12.6 Å². The van der Waals surface area contributed by atoms with Crippen LogP contribution in [0.15, 0.2) is 30.4 Å². The molecule has 0 aromatic heterocycles. The number of hydrogen-bond donors (Lipinski definition) is 1. The Balaban J connectivity index is 1.72. The van der Waals surface area contributed by atoms with Crippen molar-refractivity contribution in [2.45, 2.75) is 38.6 Å². The molecule has 1 aliphatic carbocycles. The Morgan fingerprint density at radius 2 is 2.18 bits per heavy atom. The lowest BCUT2D eigenvalue weighted by atomic mass is 10.1. The van der Waals surface area contributed by atoms with Crippen molar-refractivity contribution in [1.29, 1.82) is 0 Å². The standard InChI is InChI=1S/C15H20FN/c1-12-6-7-14(16)11-13(12)5-3-2-4-10-17-15-8-9-15/h2-3,6-7,11,15,17H,4-5,8-10H2,1H3/b3-2+. The second-order valence-electron chi connectivity index (χ2n) is 4.76. The Bertz CT molecular complexity index is 394. The van der Waals surface area contributed by atoms with E-state index in [0.29, 0.717) is 0 Å². The molecule has 92 valence electrons. The molecule has 1 aromatic carbocycles. The number of aryl methyl sites for hydroxylation is 1. The van der Waals surface area contributed by atoms with Crippen molar-refractivity contribution in [2.75, 3.05) is 6.54 Å². The molecule has 1 saturated carbocycles. The third-order valence-electron chi connectivity index (χ3n) is 3.14. The van der Waals surface area contributed by atoms with Crippen LogP contribution in [0.3, 0.4) is 0 Å². The van der Waals surface area contributed by atoms with Gasteiger partial charge in [-0.15, -0.1) is 0 Å². The second-order valence-corrected chi connectivity index (χ2v) is 4.76. The Morgan fingerprint density at radius 1 is 1.35 bits per heavy atom. The average molecular weight is 233 g/mol. The molecule has 2 heteroatoms. The molecule has 0 atom stereocenters. The quantitative estimate of drug-likeness (QED) is 0.586. The van der Waals surface area contributed by atoms with Gasteiger partial charge < -0.3 is 5.32 Å². The summed E-state index contributed by atoms with van der Waals surface area (Å²) in [5, 5.41) is 3.46. The number of nitrogens with one attached hydrogen (secondary N) is 1. The summed E-state index contributed by atoms with van der Waals surface area (Å²) in [4.78, 5) is 0. The fourth-order valence-electron chi connectivity index (χ4n) is 1.85. The predicted octanol–water partition coefficient (Wildman–Crippen LogP) is 3.37. The van der Waals surface area contributed by atoms with E-state index in [2.05, 4.69) is 17.5 Å². The molecule has 0 unspecified atom stereocenters. The monoisotopic (exact) mass is 233 g/mol. The molecule has 0 heterocycles. The molecule has 0 radical (unpaired) electrons. The first kappa shape index (κ1) is 12.3. The van der Waals surface area contributed by atoms with E-state index in [4.69, 9.17) is 0 Å². The van der Waals surface area contributed by atoms with Gasteiger partial charge >= 0.3 is 0 Å². The van der Waals surface area contributed by atoms with Crippen LogP contribution in [0.5, 0.6) is 0 Å². The summed E-state index contributed by atoms with van der Waals surface area (Å²) < 4.78 is 13.0. The highest BCUT2D eigenvalue weighted by Crippen LogP contribution is 2.18. The lowest BCUT2D eigenvalue weighted by Crippen LogP contribution is -2.16. The normalized spacial score (nSPS) is 15.6. The Hall–Kier alpha value is -1.15. The maximum atomic E-state index is 13.0. The topological polar surface area (TPSA) is 12.0 Å².